The molecule has 5 atom stereocenters. The Hall–Kier alpha value is -1.71. The maximum absolute atomic E-state index is 12.0. The largest absolute Gasteiger partial charge is 0.381 e. The molecule has 0 radical (unpaired) electrons. The molecule has 328 valence electrons. The molecule has 1 aliphatic rings. The third kappa shape index (κ3) is 50.3. The molecule has 0 spiro atoms. The van der Waals surface area contributed by atoms with Crippen LogP contribution in [0.3, 0.4) is 0 Å². The van der Waals surface area contributed by atoms with Crippen LogP contribution in [0.4, 0.5) is 0 Å². The number of benzene rings is 1. The van der Waals surface area contributed by atoms with Crippen LogP contribution < -0.4 is 5.32 Å². The number of carbonyl (C=O) groups excluding carboxylic acids is 3. The van der Waals surface area contributed by atoms with Gasteiger partial charge in [-0.2, -0.15) is 11.8 Å². The molecule has 6 heteroatoms. The lowest BCUT2D eigenvalue weighted by Crippen LogP contribution is -2.28. The summed E-state index contributed by atoms with van der Waals surface area (Å²) < 4.78 is 0. The summed E-state index contributed by atoms with van der Waals surface area (Å²) in [6.07, 6.45) is 13.4. The molecule has 0 aliphatic carbocycles. The monoisotopic (exact) mass is 804 g/mol. The first-order valence-corrected chi connectivity index (χ1v) is 22.9. The van der Waals surface area contributed by atoms with Gasteiger partial charge in [-0.3, -0.25) is 4.79 Å². The topological polar surface area (TPSA) is 63.2 Å². The van der Waals surface area contributed by atoms with E-state index >= 15 is 0 Å². The average molecular weight is 804 g/mol. The Labute approximate surface area is 351 Å². The van der Waals surface area contributed by atoms with Gasteiger partial charge >= 0.3 is 0 Å². The number of hydrogen-bond donors (Lipinski definition) is 1. The number of aryl methyl sites for hydroxylation is 1. The summed E-state index contributed by atoms with van der Waals surface area (Å²) in [4.78, 5) is 31.2. The summed E-state index contributed by atoms with van der Waals surface area (Å²) in [7, 11) is 2.69. The molecular weight excluding hydrogens is 702 g/mol. The van der Waals surface area contributed by atoms with Crippen molar-refractivity contribution in [3.05, 3.63) is 59.8 Å². The predicted octanol–water partition coefficient (Wildman–Crippen LogP) is 15.5. The predicted molar refractivity (Wildman–Crippen MR) is 263 cm³/mol. The van der Waals surface area contributed by atoms with Crippen molar-refractivity contribution >= 4 is 39.4 Å². The lowest BCUT2D eigenvalue weighted by molar-refractivity contribution is -0.121. The van der Waals surface area contributed by atoms with Gasteiger partial charge < -0.3 is 14.9 Å². The minimum atomic E-state index is 0. The maximum Gasteiger partial charge on any atom is 0.155 e. The highest BCUT2D eigenvalue weighted by molar-refractivity contribution is 7.98. The van der Waals surface area contributed by atoms with E-state index < -0.39 is 0 Å². The third-order valence-corrected chi connectivity index (χ3v) is 9.08. The first-order chi connectivity index (χ1) is 25.1. The van der Waals surface area contributed by atoms with E-state index in [2.05, 4.69) is 134 Å². The summed E-state index contributed by atoms with van der Waals surface area (Å²) in [5, 5.41) is 3.39. The molecule has 0 amide bonds. The van der Waals surface area contributed by atoms with Crippen LogP contribution in [0.15, 0.2) is 54.3 Å². The Balaban J connectivity index is -0.0000000662. The molecule has 1 heterocycles. The van der Waals surface area contributed by atoms with Gasteiger partial charge in [0.15, 0.2) is 5.78 Å². The van der Waals surface area contributed by atoms with Gasteiger partial charge in [0.1, 0.15) is 12.6 Å². The second-order valence-electron chi connectivity index (χ2n) is 14.2. The van der Waals surface area contributed by atoms with Crippen LogP contribution in [0.25, 0.3) is 0 Å². The maximum atomic E-state index is 12.0. The lowest BCUT2D eigenvalue weighted by Gasteiger charge is -2.24. The number of Topliss-reactive ketones (excluding diaryl/α,β-unsaturated/α-hetero) is 2. The number of ketones is 2. The third-order valence-electron chi connectivity index (χ3n) is 7.93. The molecule has 1 aromatic carbocycles. The fourth-order valence-corrected chi connectivity index (χ4v) is 5.10. The molecule has 1 N–H and O–H groups in total. The molecule has 0 saturated carbocycles. The van der Waals surface area contributed by atoms with Crippen molar-refractivity contribution in [2.75, 3.05) is 24.7 Å². The fourth-order valence-electron chi connectivity index (χ4n) is 4.65. The average Bonchev–Trinajstić information content (AvgIpc) is 3.34. The molecule has 2 rings (SSSR count). The quantitative estimate of drug-likeness (QED) is 0.150. The molecular formula is C48H102NO3PS. The Morgan fingerprint density at radius 1 is 0.944 bits per heavy atom. The second-order valence-corrected chi connectivity index (χ2v) is 15.9. The Bertz CT molecular complexity index is 961. The van der Waals surface area contributed by atoms with Gasteiger partial charge in [-0.1, -0.05) is 153 Å². The van der Waals surface area contributed by atoms with Crippen LogP contribution in [0.1, 0.15) is 173 Å². The Kier molecular flexibility index (Phi) is 63.7. The van der Waals surface area contributed by atoms with Crippen LogP contribution in [0.5, 0.6) is 0 Å². The number of carbonyl (C=O) groups is 3. The first kappa shape index (κ1) is 67.1. The minimum Gasteiger partial charge on any atom is -0.381 e. The number of rotatable bonds is 14. The zero-order chi connectivity index (χ0) is 42.8. The van der Waals surface area contributed by atoms with Crippen LogP contribution in [-0.4, -0.2) is 43.1 Å². The summed E-state index contributed by atoms with van der Waals surface area (Å²) in [6, 6.07) is 10.5. The van der Waals surface area contributed by atoms with Gasteiger partial charge in [-0.25, -0.2) is 0 Å². The molecule has 4 nitrogen and oxygen atoms in total. The lowest BCUT2D eigenvalue weighted by atomic mass is 9.86. The van der Waals surface area contributed by atoms with Gasteiger partial charge in [0, 0.05) is 22.3 Å². The zero-order valence-corrected chi connectivity index (χ0v) is 40.3. The van der Waals surface area contributed by atoms with E-state index in [-0.39, 0.29) is 23.4 Å². The zero-order valence-electron chi connectivity index (χ0n) is 38.3. The standard InChI is InChI=1S/C18H32NO2P.C9H18.C8H10.C4H10.C3H8S.2C2H6.CH2O.CH4.3H2/c1-4-5-15(10-13(2)6-7-14(3)20)17-9-8-16(12-22)18(21)11-19-17;1-7(2)6-9(5)8(3)4;1-2-8-6-4-3-5-7-8;1-4(2)3;1-3-4-2;3*1-2;;;;/h9,13,15-16,19H,4-8,10-12,22H2,1-3H3;8-9H,1,6H2,2-5H3;3-7H,2H2,1H3;4H,1-3H3;3H2,1-2H3;2*1-2H3;1H2;1H4;3*1H. The highest BCUT2D eigenvalue weighted by Gasteiger charge is 2.23. The summed E-state index contributed by atoms with van der Waals surface area (Å²) >= 11 is 1.86. The van der Waals surface area contributed by atoms with Crippen molar-refractivity contribution in [2.45, 2.75) is 170 Å². The van der Waals surface area contributed by atoms with Crippen LogP contribution in [-0.2, 0) is 20.8 Å². The Morgan fingerprint density at radius 2 is 1.43 bits per heavy atom. The van der Waals surface area contributed by atoms with Gasteiger partial charge in [-0.15, -0.1) is 15.8 Å². The fraction of sp³-hybridized carbons (Fsp3) is 0.729. The Morgan fingerprint density at radius 3 is 1.74 bits per heavy atom. The van der Waals surface area contributed by atoms with Crippen LogP contribution >= 0.6 is 21.0 Å². The van der Waals surface area contributed by atoms with E-state index in [1.807, 2.05) is 52.3 Å². The molecule has 1 aliphatic heterocycles. The van der Waals surface area contributed by atoms with Crippen molar-refractivity contribution < 1.29 is 18.7 Å². The summed E-state index contributed by atoms with van der Waals surface area (Å²) in [5.41, 5.74) is 3.97. The van der Waals surface area contributed by atoms with Gasteiger partial charge in [0.05, 0.1) is 6.54 Å². The summed E-state index contributed by atoms with van der Waals surface area (Å²) in [5.74, 6) is 5.43. The van der Waals surface area contributed by atoms with Crippen LogP contribution in [0.2, 0.25) is 0 Å². The highest BCUT2D eigenvalue weighted by atomic mass is 32.2. The number of hydrogen-bond acceptors (Lipinski definition) is 5. The van der Waals surface area contributed by atoms with Gasteiger partial charge in [0.25, 0.3) is 0 Å². The highest BCUT2D eigenvalue weighted by Crippen LogP contribution is 2.28. The van der Waals surface area contributed by atoms with Crippen LogP contribution in [0, 0.1) is 35.5 Å². The van der Waals surface area contributed by atoms with Gasteiger partial charge in [-0.05, 0) is 106 Å². The molecule has 0 bridgehead atoms. The minimum absolute atomic E-state index is 0. The van der Waals surface area contributed by atoms with E-state index in [0.717, 1.165) is 62.4 Å². The van der Waals surface area contributed by atoms with E-state index in [1.54, 1.807) is 6.92 Å². The molecule has 0 saturated heterocycles. The number of nitrogens with one attached hydrogen (secondary N) is 1. The van der Waals surface area contributed by atoms with E-state index in [0.29, 0.717) is 30.6 Å². The smallest absolute Gasteiger partial charge is 0.155 e. The van der Waals surface area contributed by atoms with Crippen molar-refractivity contribution in [2.24, 2.45) is 35.5 Å². The molecule has 54 heavy (non-hydrogen) atoms. The van der Waals surface area contributed by atoms with Gasteiger partial charge in [0.2, 0.25) is 0 Å². The van der Waals surface area contributed by atoms with Crippen molar-refractivity contribution in [3.8, 4) is 0 Å². The van der Waals surface area contributed by atoms with E-state index in [1.165, 1.54) is 29.0 Å². The van der Waals surface area contributed by atoms with Crippen molar-refractivity contribution in [1.29, 1.82) is 0 Å². The molecule has 0 fully saturated rings. The van der Waals surface area contributed by atoms with E-state index in [9.17, 15) is 9.59 Å². The van der Waals surface area contributed by atoms with Crippen molar-refractivity contribution in [1.82, 2.24) is 5.32 Å². The second kappa shape index (κ2) is 51.3. The first-order valence-electron chi connectivity index (χ1n) is 20.7. The van der Waals surface area contributed by atoms with E-state index in [4.69, 9.17) is 4.79 Å². The SMILES string of the molecule is C.C=C(C)CC(C)C(C)C.C=O.CC.CC.CC(C)C.CCCC(CC(C)CCC(C)=O)C1=CCC(CP)C(=O)CN1.CCSC.CCc1ccccc1.[HH].[HH].[HH]. The number of allylic oxidation sites excluding steroid dienone is 3. The van der Waals surface area contributed by atoms with Crippen molar-refractivity contribution in [3.63, 3.8) is 0 Å². The summed E-state index contributed by atoms with van der Waals surface area (Å²) in [6.45, 7) is 40.1. The normalized spacial score (nSPS) is 14.0. The number of thioether (sulfide) groups is 1. The molecule has 1 aromatic rings. The molecule has 0 aromatic heterocycles. The molecule has 5 unspecified atom stereocenters.